The van der Waals surface area contributed by atoms with Crippen molar-refractivity contribution in [3.05, 3.63) is 12.4 Å². The van der Waals surface area contributed by atoms with E-state index in [1.54, 1.807) is 11.7 Å². The van der Waals surface area contributed by atoms with Crippen LogP contribution in [-0.4, -0.2) is 42.0 Å². The van der Waals surface area contributed by atoms with E-state index in [0.717, 1.165) is 12.8 Å². The van der Waals surface area contributed by atoms with E-state index in [-0.39, 0.29) is 4.90 Å². The van der Waals surface area contributed by atoms with Gasteiger partial charge in [0.1, 0.15) is 4.90 Å². The highest BCUT2D eigenvalue weighted by Crippen LogP contribution is 2.30. The van der Waals surface area contributed by atoms with Crippen LogP contribution in [0.1, 0.15) is 12.8 Å². The van der Waals surface area contributed by atoms with Gasteiger partial charge < -0.3 is 0 Å². The average Bonchev–Trinajstić information content (AvgIpc) is 2.95. The Morgan fingerprint density at radius 2 is 2.29 bits per heavy atom. The lowest BCUT2D eigenvalue weighted by molar-refractivity contribution is 0.453. The van der Waals surface area contributed by atoms with E-state index in [4.69, 9.17) is 11.6 Å². The molecular formula is C10H16ClN3O2S. The molecule has 0 aromatic carbocycles. The zero-order valence-electron chi connectivity index (χ0n) is 9.71. The topological polar surface area (TPSA) is 55.2 Å². The summed E-state index contributed by atoms with van der Waals surface area (Å²) >= 11 is 5.58. The largest absolute Gasteiger partial charge is 0.270 e. The minimum Gasteiger partial charge on any atom is -0.270 e. The van der Waals surface area contributed by atoms with Gasteiger partial charge in [0.25, 0.3) is 0 Å². The molecule has 1 fully saturated rings. The number of nitrogens with zero attached hydrogens (tertiary/aromatic N) is 3. The molecule has 1 aromatic rings. The first-order valence-electron chi connectivity index (χ1n) is 5.59. The maximum absolute atomic E-state index is 12.2. The van der Waals surface area contributed by atoms with Crippen molar-refractivity contribution in [1.82, 2.24) is 14.1 Å². The van der Waals surface area contributed by atoms with Crippen molar-refractivity contribution >= 4 is 21.6 Å². The van der Waals surface area contributed by atoms with Gasteiger partial charge in [0.15, 0.2) is 0 Å². The Balaban J connectivity index is 2.11. The number of hydrogen-bond acceptors (Lipinski definition) is 3. The van der Waals surface area contributed by atoms with Crippen LogP contribution in [0.25, 0.3) is 0 Å². The van der Waals surface area contributed by atoms with Gasteiger partial charge in [-0.05, 0) is 18.8 Å². The zero-order chi connectivity index (χ0) is 12.5. The van der Waals surface area contributed by atoms with Gasteiger partial charge in [-0.15, -0.1) is 11.6 Å². The van der Waals surface area contributed by atoms with Crippen LogP contribution in [-0.2, 0) is 16.6 Å². The van der Waals surface area contributed by atoms with Crippen LogP contribution in [0.15, 0.2) is 17.3 Å². The first-order valence-corrected chi connectivity index (χ1v) is 7.56. The molecule has 0 bridgehead atoms. The standard InChI is InChI=1S/C10H16ClN3O2S/c1-13(7-9-2-3-9)17(15,16)10-6-12-14(8-10)5-4-11/h6,8-9H,2-5,7H2,1H3. The molecule has 0 aliphatic heterocycles. The highest BCUT2D eigenvalue weighted by atomic mass is 35.5. The summed E-state index contributed by atoms with van der Waals surface area (Å²) < 4.78 is 27.3. The second kappa shape index (κ2) is 4.96. The average molecular weight is 278 g/mol. The molecule has 5 nitrogen and oxygen atoms in total. The van der Waals surface area contributed by atoms with E-state index in [1.807, 2.05) is 0 Å². The highest BCUT2D eigenvalue weighted by Gasteiger charge is 2.29. The van der Waals surface area contributed by atoms with E-state index in [0.29, 0.717) is 24.9 Å². The van der Waals surface area contributed by atoms with Crippen LogP contribution in [0.2, 0.25) is 0 Å². The number of rotatable bonds is 6. The second-order valence-corrected chi connectivity index (χ2v) is 6.78. The molecule has 0 amide bonds. The number of aryl methyl sites for hydroxylation is 1. The smallest absolute Gasteiger partial charge is 0.245 e. The normalized spacial score (nSPS) is 16.6. The van der Waals surface area contributed by atoms with Crippen LogP contribution in [0.5, 0.6) is 0 Å². The molecular weight excluding hydrogens is 262 g/mol. The Kier molecular flexibility index (Phi) is 3.75. The fourth-order valence-electron chi connectivity index (χ4n) is 1.63. The van der Waals surface area contributed by atoms with Crippen LogP contribution >= 0.6 is 11.6 Å². The van der Waals surface area contributed by atoms with Gasteiger partial charge in [-0.1, -0.05) is 0 Å². The van der Waals surface area contributed by atoms with E-state index in [9.17, 15) is 8.42 Å². The van der Waals surface area contributed by atoms with Crippen LogP contribution in [0.4, 0.5) is 0 Å². The molecule has 7 heteroatoms. The molecule has 0 N–H and O–H groups in total. The summed E-state index contributed by atoms with van der Waals surface area (Å²) in [4.78, 5) is 0.241. The monoisotopic (exact) mass is 277 g/mol. The summed E-state index contributed by atoms with van der Waals surface area (Å²) in [6.07, 6.45) is 5.17. The van der Waals surface area contributed by atoms with Gasteiger partial charge in [0, 0.05) is 25.7 Å². The van der Waals surface area contributed by atoms with Gasteiger partial charge in [-0.3, -0.25) is 4.68 Å². The van der Waals surface area contributed by atoms with Gasteiger partial charge in [0.05, 0.1) is 12.7 Å². The lowest BCUT2D eigenvalue weighted by atomic mass is 10.4. The van der Waals surface area contributed by atoms with Crippen molar-refractivity contribution in [2.75, 3.05) is 19.5 Å². The summed E-state index contributed by atoms with van der Waals surface area (Å²) in [7, 11) is -1.77. The molecule has 1 aliphatic carbocycles. The molecule has 1 saturated carbocycles. The molecule has 0 saturated heterocycles. The van der Waals surface area contributed by atoms with Crippen molar-refractivity contribution in [1.29, 1.82) is 0 Å². The third kappa shape index (κ3) is 3.00. The van der Waals surface area contributed by atoms with Crippen molar-refractivity contribution in [3.63, 3.8) is 0 Å². The lowest BCUT2D eigenvalue weighted by Crippen LogP contribution is -2.28. The number of halogens is 1. The Morgan fingerprint density at radius 3 is 2.88 bits per heavy atom. The zero-order valence-corrected chi connectivity index (χ0v) is 11.3. The van der Waals surface area contributed by atoms with Crippen molar-refractivity contribution in [2.24, 2.45) is 5.92 Å². The summed E-state index contributed by atoms with van der Waals surface area (Å²) in [5.74, 6) is 0.951. The molecule has 0 unspecified atom stereocenters. The molecule has 1 aliphatic rings. The Hall–Kier alpha value is -0.590. The Bertz CT molecular complexity index is 481. The Morgan fingerprint density at radius 1 is 1.59 bits per heavy atom. The van der Waals surface area contributed by atoms with Crippen LogP contribution < -0.4 is 0 Å². The molecule has 2 rings (SSSR count). The SMILES string of the molecule is CN(CC1CC1)S(=O)(=O)c1cnn(CCCl)c1. The summed E-state index contributed by atoms with van der Waals surface area (Å²) in [6, 6.07) is 0. The van der Waals surface area contributed by atoms with Gasteiger partial charge >= 0.3 is 0 Å². The van der Waals surface area contributed by atoms with Crippen molar-refractivity contribution in [2.45, 2.75) is 24.3 Å². The molecule has 96 valence electrons. The summed E-state index contributed by atoms with van der Waals surface area (Å²) in [5, 5.41) is 3.98. The highest BCUT2D eigenvalue weighted by molar-refractivity contribution is 7.89. The number of sulfonamides is 1. The molecule has 0 atom stereocenters. The van der Waals surface area contributed by atoms with Crippen LogP contribution in [0, 0.1) is 5.92 Å². The fraction of sp³-hybridized carbons (Fsp3) is 0.700. The first-order chi connectivity index (χ1) is 8.04. The fourth-order valence-corrected chi connectivity index (χ4v) is 3.00. The van der Waals surface area contributed by atoms with Crippen molar-refractivity contribution in [3.8, 4) is 0 Å². The van der Waals surface area contributed by atoms with Crippen LogP contribution in [0.3, 0.4) is 0 Å². The maximum atomic E-state index is 12.2. The quantitative estimate of drug-likeness (QED) is 0.733. The summed E-state index contributed by atoms with van der Waals surface area (Å²) in [5.41, 5.74) is 0. The molecule has 17 heavy (non-hydrogen) atoms. The predicted octanol–water partition coefficient (Wildman–Crippen LogP) is 1.15. The van der Waals surface area contributed by atoms with E-state index in [2.05, 4.69) is 5.10 Å². The minimum absolute atomic E-state index is 0.241. The number of alkyl halides is 1. The summed E-state index contributed by atoms with van der Waals surface area (Å²) in [6.45, 7) is 1.12. The lowest BCUT2D eigenvalue weighted by Gasteiger charge is -2.15. The maximum Gasteiger partial charge on any atom is 0.245 e. The third-order valence-electron chi connectivity index (χ3n) is 2.84. The van der Waals surface area contributed by atoms with Gasteiger partial charge in [0.2, 0.25) is 10.0 Å². The predicted molar refractivity (Wildman–Crippen MR) is 65.5 cm³/mol. The Labute approximate surface area is 106 Å². The molecule has 0 spiro atoms. The minimum atomic E-state index is -3.38. The van der Waals surface area contributed by atoms with Gasteiger partial charge in [-0.25, -0.2) is 12.7 Å². The number of hydrogen-bond donors (Lipinski definition) is 0. The number of aromatic nitrogens is 2. The van der Waals surface area contributed by atoms with E-state index in [1.165, 1.54) is 16.7 Å². The van der Waals surface area contributed by atoms with Gasteiger partial charge in [-0.2, -0.15) is 5.10 Å². The molecule has 1 aromatic heterocycles. The second-order valence-electron chi connectivity index (χ2n) is 4.36. The first kappa shape index (κ1) is 12.9. The van der Waals surface area contributed by atoms with E-state index < -0.39 is 10.0 Å². The molecule has 0 radical (unpaired) electrons. The van der Waals surface area contributed by atoms with E-state index >= 15 is 0 Å². The van der Waals surface area contributed by atoms with Crippen molar-refractivity contribution < 1.29 is 8.42 Å². The third-order valence-corrected chi connectivity index (χ3v) is 4.79. The molecule has 1 heterocycles.